The Balaban J connectivity index is 0.00000392. The number of hydrogen-bond donors (Lipinski definition) is 0. The molecule has 0 spiro atoms. The van der Waals surface area contributed by atoms with E-state index < -0.39 is 0 Å². The van der Waals surface area contributed by atoms with E-state index >= 15 is 0 Å². The number of aromatic nitrogens is 4. The Labute approximate surface area is 309 Å². The number of pyridine rings is 1. The first-order valence-electron chi connectivity index (χ1n) is 16.8. The van der Waals surface area contributed by atoms with E-state index in [9.17, 15) is 0 Å². The van der Waals surface area contributed by atoms with Crippen molar-refractivity contribution >= 4 is 33.2 Å². The standard InChI is InChI=1S/C43H40N5O.Pt/c1-27-28(2)46-26-47(37-15-11-10-14-36(37)41(46)45-27)31-21-30(43(6,7)8)22-33(24-31)49-32-17-18-35-34-13-9-12-16-38(34)48(39(35)25-32)40-23-29(19-20-44-40)42(3,4)5;/h9-23,26H,1-8H3;/q-3;. The minimum absolute atomic E-state index is 0. The third kappa shape index (κ3) is 5.70. The van der Waals surface area contributed by atoms with Gasteiger partial charge in [0.05, 0.1) is 0 Å². The molecule has 0 bridgehead atoms. The Morgan fingerprint density at radius 2 is 1.48 bits per heavy atom. The first kappa shape index (κ1) is 33.7. The molecule has 50 heavy (non-hydrogen) atoms. The van der Waals surface area contributed by atoms with Crippen LogP contribution in [-0.4, -0.2) is 19.1 Å². The summed E-state index contributed by atoms with van der Waals surface area (Å²) in [4.78, 5) is 11.9. The van der Waals surface area contributed by atoms with Gasteiger partial charge in [0.1, 0.15) is 5.82 Å². The second kappa shape index (κ2) is 12.2. The number of anilines is 2. The number of ether oxygens (including phenoxy) is 1. The quantitative estimate of drug-likeness (QED) is 0.166. The molecule has 0 amide bonds. The fourth-order valence-electron chi connectivity index (χ4n) is 6.64. The molecule has 0 atom stereocenters. The molecular formula is C43H40N5OPt-3. The average molecular weight is 838 g/mol. The number of hydrogen-bond acceptors (Lipinski definition) is 4. The van der Waals surface area contributed by atoms with E-state index in [2.05, 4.69) is 167 Å². The molecule has 7 heteroatoms. The monoisotopic (exact) mass is 837 g/mol. The molecule has 6 nitrogen and oxygen atoms in total. The van der Waals surface area contributed by atoms with E-state index in [0.29, 0.717) is 11.5 Å². The van der Waals surface area contributed by atoms with Crippen LogP contribution in [0.25, 0.3) is 39.0 Å². The van der Waals surface area contributed by atoms with Gasteiger partial charge in [-0.25, -0.2) is 4.98 Å². The predicted octanol–water partition coefficient (Wildman–Crippen LogP) is 10.8. The van der Waals surface area contributed by atoms with Gasteiger partial charge >= 0.3 is 0 Å². The summed E-state index contributed by atoms with van der Waals surface area (Å²) in [7, 11) is 0. The maximum absolute atomic E-state index is 6.70. The van der Waals surface area contributed by atoms with Gasteiger partial charge in [-0.15, -0.1) is 41.3 Å². The van der Waals surface area contributed by atoms with Crippen molar-refractivity contribution in [3.63, 3.8) is 0 Å². The normalized spacial score (nSPS) is 12.8. The van der Waals surface area contributed by atoms with Gasteiger partial charge in [-0.05, 0) is 70.9 Å². The van der Waals surface area contributed by atoms with E-state index in [4.69, 9.17) is 14.7 Å². The molecule has 7 aromatic rings. The van der Waals surface area contributed by atoms with Crippen molar-refractivity contribution in [3.8, 4) is 28.7 Å². The average Bonchev–Trinajstić information content (AvgIpc) is 3.56. The van der Waals surface area contributed by atoms with E-state index in [-0.39, 0.29) is 31.9 Å². The Kier molecular flexibility index (Phi) is 8.22. The molecule has 3 aromatic heterocycles. The van der Waals surface area contributed by atoms with Crippen LogP contribution in [0.3, 0.4) is 0 Å². The van der Waals surface area contributed by atoms with Crippen molar-refractivity contribution in [2.24, 2.45) is 0 Å². The van der Waals surface area contributed by atoms with Crippen LogP contribution in [-0.2, 0) is 31.9 Å². The molecule has 8 rings (SSSR count). The fourth-order valence-corrected chi connectivity index (χ4v) is 6.64. The molecule has 0 radical (unpaired) electrons. The molecule has 0 fully saturated rings. The summed E-state index contributed by atoms with van der Waals surface area (Å²) < 4.78 is 11.1. The van der Waals surface area contributed by atoms with Crippen molar-refractivity contribution in [1.82, 2.24) is 19.1 Å². The molecule has 0 saturated carbocycles. The summed E-state index contributed by atoms with van der Waals surface area (Å²) in [6, 6.07) is 36.8. The summed E-state index contributed by atoms with van der Waals surface area (Å²) >= 11 is 0. The number of nitrogens with zero attached hydrogens (tertiary/aromatic N) is 5. The molecule has 256 valence electrons. The number of benzene rings is 4. The summed E-state index contributed by atoms with van der Waals surface area (Å²) in [6.45, 7) is 19.6. The van der Waals surface area contributed by atoms with Crippen molar-refractivity contribution in [2.75, 3.05) is 4.90 Å². The number of rotatable bonds is 4. The minimum Gasteiger partial charge on any atom is -0.509 e. The summed E-state index contributed by atoms with van der Waals surface area (Å²) in [5, 5.41) is 2.25. The predicted molar refractivity (Wildman–Crippen MR) is 199 cm³/mol. The van der Waals surface area contributed by atoms with Crippen molar-refractivity contribution in [2.45, 2.75) is 66.2 Å². The Morgan fingerprint density at radius 1 is 0.740 bits per heavy atom. The Hall–Kier alpha value is -4.80. The van der Waals surface area contributed by atoms with Crippen molar-refractivity contribution in [1.29, 1.82) is 0 Å². The van der Waals surface area contributed by atoms with E-state index in [1.165, 1.54) is 5.56 Å². The molecule has 0 unspecified atom stereocenters. The van der Waals surface area contributed by atoms with Crippen LogP contribution in [0.4, 0.5) is 11.4 Å². The second-order valence-electron chi connectivity index (χ2n) is 15.0. The maximum Gasteiger partial charge on any atom is 0.135 e. The SMILES string of the molecule is Cc1nc2n(c1C)[CH-]N(c1[c-]c(Oc3[c-]c4c(cc3)c3ccccc3n4-c3cc(C(C)(C)C)ccn3)cc(C(C)(C)C)c1)c1ccccc1-2.[Pt]. The zero-order valence-electron chi connectivity index (χ0n) is 29.7. The Bertz CT molecular complexity index is 2410. The van der Waals surface area contributed by atoms with Crippen LogP contribution >= 0.6 is 0 Å². The molecule has 4 heterocycles. The topological polar surface area (TPSA) is 48.1 Å². The minimum atomic E-state index is -0.131. The molecule has 4 aromatic carbocycles. The zero-order chi connectivity index (χ0) is 34.2. The second-order valence-corrected chi connectivity index (χ2v) is 15.0. The smallest absolute Gasteiger partial charge is 0.135 e. The van der Waals surface area contributed by atoms with Crippen molar-refractivity contribution < 1.29 is 25.8 Å². The molecule has 0 saturated heterocycles. The number of fused-ring (bicyclic) bond motifs is 6. The van der Waals surface area contributed by atoms with Gasteiger partial charge in [0, 0.05) is 55.8 Å². The zero-order valence-corrected chi connectivity index (χ0v) is 32.0. The number of imidazole rings is 1. The van der Waals surface area contributed by atoms with Crippen LogP contribution in [0, 0.1) is 32.6 Å². The Morgan fingerprint density at radius 3 is 2.26 bits per heavy atom. The van der Waals surface area contributed by atoms with Gasteiger partial charge < -0.3 is 23.8 Å². The van der Waals surface area contributed by atoms with Crippen LogP contribution in [0.5, 0.6) is 11.5 Å². The first-order valence-corrected chi connectivity index (χ1v) is 16.8. The van der Waals surface area contributed by atoms with Gasteiger partial charge in [0.15, 0.2) is 0 Å². The fraction of sp³-hybridized carbons (Fsp3) is 0.233. The number of para-hydroxylation sites is 2. The summed E-state index contributed by atoms with van der Waals surface area (Å²) in [6.07, 6.45) is 1.90. The summed E-state index contributed by atoms with van der Waals surface area (Å²) in [5.41, 5.74) is 9.37. The van der Waals surface area contributed by atoms with Gasteiger partial charge in [-0.2, -0.15) is 6.07 Å². The maximum atomic E-state index is 6.70. The largest absolute Gasteiger partial charge is 0.509 e. The van der Waals surface area contributed by atoms with E-state index in [0.717, 1.165) is 67.3 Å². The molecule has 1 aliphatic rings. The van der Waals surface area contributed by atoms with E-state index in [1.807, 2.05) is 12.3 Å². The van der Waals surface area contributed by atoms with Crippen LogP contribution in [0.1, 0.15) is 64.1 Å². The first-order chi connectivity index (χ1) is 23.4. The molecular weight excluding hydrogens is 798 g/mol. The van der Waals surface area contributed by atoms with E-state index in [1.54, 1.807) is 0 Å². The van der Waals surface area contributed by atoms with Crippen LogP contribution in [0.15, 0.2) is 91.1 Å². The van der Waals surface area contributed by atoms with Gasteiger partial charge in [-0.1, -0.05) is 102 Å². The summed E-state index contributed by atoms with van der Waals surface area (Å²) in [5.74, 6) is 3.05. The third-order valence-electron chi connectivity index (χ3n) is 9.60. The molecule has 1 aliphatic heterocycles. The molecule has 0 aliphatic carbocycles. The van der Waals surface area contributed by atoms with Gasteiger partial charge in [-0.3, -0.25) is 0 Å². The van der Waals surface area contributed by atoms with Crippen molar-refractivity contribution in [3.05, 3.63) is 132 Å². The van der Waals surface area contributed by atoms with Gasteiger partial charge in [0.25, 0.3) is 0 Å². The molecule has 0 N–H and O–H groups in total. The van der Waals surface area contributed by atoms with Crippen LogP contribution < -0.4 is 9.64 Å². The van der Waals surface area contributed by atoms with Crippen LogP contribution in [0.2, 0.25) is 0 Å². The third-order valence-corrected chi connectivity index (χ3v) is 9.60. The van der Waals surface area contributed by atoms with Gasteiger partial charge in [0.2, 0.25) is 0 Å². The number of aryl methyl sites for hydroxylation is 1.